The fraction of sp³-hybridized carbons (Fsp3) is 0. The Bertz CT molecular complexity index is 824. The van der Waals surface area contributed by atoms with E-state index >= 15 is 0 Å². The van der Waals surface area contributed by atoms with E-state index in [1.165, 1.54) is 11.8 Å². The summed E-state index contributed by atoms with van der Waals surface area (Å²) in [5, 5.41) is 10.9. The number of aromatic nitrogens is 1. The Labute approximate surface area is 126 Å². The second-order valence-corrected chi connectivity index (χ2v) is 5.62. The van der Waals surface area contributed by atoms with Crippen molar-refractivity contribution in [2.45, 2.75) is 9.79 Å². The van der Waals surface area contributed by atoms with Crippen LogP contribution in [0.2, 0.25) is 5.02 Å². The van der Waals surface area contributed by atoms with Crippen molar-refractivity contribution in [3.05, 3.63) is 65.3 Å². The highest BCUT2D eigenvalue weighted by Gasteiger charge is 2.11. The summed E-state index contributed by atoms with van der Waals surface area (Å²) in [5.74, 6) is 0. The number of fused-ring (bicyclic) bond motifs is 1. The zero-order chi connectivity index (χ0) is 13.9. The Kier molecular flexibility index (Phi) is 3.60. The molecule has 0 fully saturated rings. The Hall–Kier alpha value is -2.02. The number of pyridine rings is 1. The van der Waals surface area contributed by atoms with Gasteiger partial charge in [0.2, 0.25) is 0 Å². The van der Waals surface area contributed by atoms with Gasteiger partial charge in [0.15, 0.2) is 0 Å². The summed E-state index contributed by atoms with van der Waals surface area (Å²) >= 11 is 7.70. The van der Waals surface area contributed by atoms with Crippen molar-refractivity contribution in [3.8, 4) is 6.07 Å². The maximum Gasteiger partial charge on any atom is 0.102 e. The highest BCUT2D eigenvalue weighted by molar-refractivity contribution is 7.99. The van der Waals surface area contributed by atoms with Crippen LogP contribution in [0.5, 0.6) is 0 Å². The molecule has 0 saturated heterocycles. The average Bonchev–Trinajstić information content (AvgIpc) is 2.50. The van der Waals surface area contributed by atoms with Crippen LogP contribution < -0.4 is 0 Å². The van der Waals surface area contributed by atoms with Gasteiger partial charge in [-0.15, -0.1) is 0 Å². The Morgan fingerprint density at radius 1 is 1.05 bits per heavy atom. The third kappa shape index (κ3) is 2.36. The van der Waals surface area contributed by atoms with E-state index in [0.29, 0.717) is 10.6 Å². The fourth-order valence-electron chi connectivity index (χ4n) is 1.94. The summed E-state index contributed by atoms with van der Waals surface area (Å²) in [7, 11) is 0. The number of rotatable bonds is 2. The monoisotopic (exact) mass is 296 g/mol. The molecular formula is C16H9ClN2S. The van der Waals surface area contributed by atoms with Crippen molar-refractivity contribution in [2.24, 2.45) is 0 Å². The van der Waals surface area contributed by atoms with Crippen LogP contribution in [0.15, 0.2) is 64.5 Å². The van der Waals surface area contributed by atoms with Gasteiger partial charge in [-0.25, -0.2) is 0 Å². The smallest absolute Gasteiger partial charge is 0.102 e. The van der Waals surface area contributed by atoms with Gasteiger partial charge in [0.25, 0.3) is 0 Å². The third-order valence-corrected chi connectivity index (χ3v) is 4.56. The zero-order valence-corrected chi connectivity index (χ0v) is 11.9. The first-order valence-electron chi connectivity index (χ1n) is 6.00. The highest BCUT2D eigenvalue weighted by Crippen LogP contribution is 2.38. The number of halogens is 1. The lowest BCUT2D eigenvalue weighted by Crippen LogP contribution is -1.88. The van der Waals surface area contributed by atoms with E-state index in [9.17, 15) is 5.26 Å². The van der Waals surface area contributed by atoms with Crippen molar-refractivity contribution in [1.29, 1.82) is 5.26 Å². The summed E-state index contributed by atoms with van der Waals surface area (Å²) < 4.78 is 0. The minimum absolute atomic E-state index is 0.564. The first-order valence-corrected chi connectivity index (χ1v) is 7.19. The van der Waals surface area contributed by atoms with Gasteiger partial charge in [-0.05, 0) is 18.2 Å². The molecule has 0 spiro atoms. The number of nitrogens with zero attached hydrogens (tertiary/aromatic N) is 2. The molecule has 0 atom stereocenters. The maximum atomic E-state index is 9.29. The van der Waals surface area contributed by atoms with Gasteiger partial charge in [-0.1, -0.05) is 53.7 Å². The van der Waals surface area contributed by atoms with E-state index in [-0.39, 0.29) is 0 Å². The normalized spacial score (nSPS) is 10.4. The molecule has 0 unspecified atom stereocenters. The van der Waals surface area contributed by atoms with E-state index in [0.717, 1.165) is 20.7 Å². The summed E-state index contributed by atoms with van der Waals surface area (Å²) in [6.07, 6.45) is 1.61. The van der Waals surface area contributed by atoms with Gasteiger partial charge < -0.3 is 0 Å². The van der Waals surface area contributed by atoms with Crippen LogP contribution in [0.4, 0.5) is 0 Å². The summed E-state index contributed by atoms with van der Waals surface area (Å²) in [5.41, 5.74) is 1.44. The number of para-hydroxylation sites is 1. The van der Waals surface area contributed by atoms with Crippen molar-refractivity contribution in [1.82, 2.24) is 4.98 Å². The lowest BCUT2D eigenvalue weighted by Gasteiger charge is -2.08. The SMILES string of the molecule is N#Cc1cnc2ccccc2c1Sc1ccccc1Cl. The topological polar surface area (TPSA) is 36.7 Å². The molecule has 0 radical (unpaired) electrons. The second kappa shape index (κ2) is 5.54. The molecule has 2 aromatic carbocycles. The molecule has 0 N–H and O–H groups in total. The van der Waals surface area contributed by atoms with Gasteiger partial charge in [0, 0.05) is 21.4 Å². The fourth-order valence-corrected chi connectivity index (χ4v) is 3.22. The van der Waals surface area contributed by atoms with Crippen molar-refractivity contribution < 1.29 is 0 Å². The molecule has 0 saturated carbocycles. The number of hydrogen-bond donors (Lipinski definition) is 0. The van der Waals surface area contributed by atoms with Crippen LogP contribution in [0.1, 0.15) is 5.56 Å². The minimum atomic E-state index is 0.564. The lowest BCUT2D eigenvalue weighted by atomic mass is 10.2. The lowest BCUT2D eigenvalue weighted by molar-refractivity contribution is 1.30. The van der Waals surface area contributed by atoms with Crippen LogP contribution in [-0.2, 0) is 0 Å². The molecule has 1 aromatic heterocycles. The molecule has 0 aliphatic heterocycles. The van der Waals surface area contributed by atoms with E-state index in [4.69, 9.17) is 11.6 Å². The number of benzene rings is 2. The Morgan fingerprint density at radius 2 is 1.80 bits per heavy atom. The van der Waals surface area contributed by atoms with Gasteiger partial charge in [0.1, 0.15) is 6.07 Å². The van der Waals surface area contributed by atoms with Gasteiger partial charge in [0.05, 0.1) is 16.1 Å². The predicted molar refractivity (Wildman–Crippen MR) is 82.0 cm³/mol. The average molecular weight is 297 g/mol. The van der Waals surface area contributed by atoms with Gasteiger partial charge in [-0.3, -0.25) is 4.98 Å². The van der Waals surface area contributed by atoms with Crippen molar-refractivity contribution >= 4 is 34.3 Å². The highest BCUT2D eigenvalue weighted by atomic mass is 35.5. The molecular weight excluding hydrogens is 288 g/mol. The molecule has 0 bridgehead atoms. The molecule has 0 aliphatic rings. The molecule has 3 aromatic rings. The van der Waals surface area contributed by atoms with E-state index in [1.54, 1.807) is 6.20 Å². The second-order valence-electron chi connectivity index (χ2n) is 4.16. The van der Waals surface area contributed by atoms with Crippen LogP contribution >= 0.6 is 23.4 Å². The van der Waals surface area contributed by atoms with E-state index in [2.05, 4.69) is 11.1 Å². The van der Waals surface area contributed by atoms with Gasteiger partial charge >= 0.3 is 0 Å². The van der Waals surface area contributed by atoms with Crippen molar-refractivity contribution in [3.63, 3.8) is 0 Å². The van der Waals surface area contributed by atoms with Crippen LogP contribution in [0.25, 0.3) is 10.9 Å². The standard InChI is InChI=1S/C16H9ClN2S/c17-13-6-2-4-8-15(13)20-16-11(9-18)10-19-14-7-3-1-5-12(14)16/h1-8,10H. The first-order chi connectivity index (χ1) is 9.79. The molecule has 0 amide bonds. The predicted octanol–water partition coefficient (Wildman–Crippen LogP) is 4.91. The zero-order valence-electron chi connectivity index (χ0n) is 10.4. The summed E-state index contributed by atoms with van der Waals surface area (Å²) in [6.45, 7) is 0. The molecule has 1 heterocycles. The molecule has 0 aliphatic carbocycles. The molecule has 20 heavy (non-hydrogen) atoms. The Balaban J connectivity index is 2.20. The van der Waals surface area contributed by atoms with Crippen LogP contribution in [0.3, 0.4) is 0 Å². The molecule has 4 heteroatoms. The van der Waals surface area contributed by atoms with E-state index < -0.39 is 0 Å². The number of nitriles is 1. The Morgan fingerprint density at radius 3 is 2.60 bits per heavy atom. The summed E-state index contributed by atoms with van der Waals surface area (Å²) in [4.78, 5) is 6.13. The largest absolute Gasteiger partial charge is 0.255 e. The maximum absolute atomic E-state index is 9.29. The van der Waals surface area contributed by atoms with Gasteiger partial charge in [-0.2, -0.15) is 5.26 Å². The molecule has 96 valence electrons. The molecule has 3 rings (SSSR count). The summed E-state index contributed by atoms with van der Waals surface area (Å²) in [6, 6.07) is 17.6. The van der Waals surface area contributed by atoms with E-state index in [1.807, 2.05) is 48.5 Å². The number of hydrogen-bond acceptors (Lipinski definition) is 3. The van der Waals surface area contributed by atoms with Crippen molar-refractivity contribution in [2.75, 3.05) is 0 Å². The minimum Gasteiger partial charge on any atom is -0.255 e. The first kappa shape index (κ1) is 13.0. The quantitative estimate of drug-likeness (QED) is 0.674. The van der Waals surface area contributed by atoms with Crippen LogP contribution in [-0.4, -0.2) is 4.98 Å². The van der Waals surface area contributed by atoms with Crippen LogP contribution in [0, 0.1) is 11.3 Å². The molecule has 2 nitrogen and oxygen atoms in total. The third-order valence-electron chi connectivity index (χ3n) is 2.90.